The number of thiophene rings is 1. The second kappa shape index (κ2) is 7.81. The Labute approximate surface area is 136 Å². The molecule has 1 N–H and O–H groups in total. The Morgan fingerprint density at radius 1 is 1.25 bits per heavy atom. The maximum Gasteiger partial charge on any atom is 0.220 e. The van der Waals surface area contributed by atoms with Crippen molar-refractivity contribution < 1.29 is 4.79 Å². The predicted molar refractivity (Wildman–Crippen MR) is 88.3 cm³/mol. The van der Waals surface area contributed by atoms with E-state index in [1.165, 1.54) is 4.88 Å². The van der Waals surface area contributed by atoms with Crippen LogP contribution in [0, 0.1) is 0 Å². The molecule has 0 saturated carbocycles. The molecular weight excluding hydrogens is 358 g/mol. The predicted octanol–water partition coefficient (Wildman–Crippen LogP) is 4.80. The molecule has 0 aliphatic carbocycles. The number of amides is 1. The number of halogens is 2. The van der Waals surface area contributed by atoms with Crippen LogP contribution in [0.15, 0.2) is 40.2 Å². The number of rotatable bonds is 6. The normalized spacial score (nSPS) is 10.5. The molecule has 0 spiro atoms. The van der Waals surface area contributed by atoms with E-state index in [1.54, 1.807) is 11.3 Å². The van der Waals surface area contributed by atoms with Crippen molar-refractivity contribution in [3.8, 4) is 0 Å². The SMILES string of the molecule is O=C(CCCc1ccc(Br)s1)NCc1ccccc1Cl. The summed E-state index contributed by atoms with van der Waals surface area (Å²) in [7, 11) is 0. The third kappa shape index (κ3) is 4.93. The fraction of sp³-hybridized carbons (Fsp3) is 0.267. The molecule has 0 aliphatic rings. The minimum Gasteiger partial charge on any atom is -0.352 e. The maximum atomic E-state index is 11.8. The summed E-state index contributed by atoms with van der Waals surface area (Å²) in [5, 5.41) is 3.59. The van der Waals surface area contributed by atoms with Crippen LogP contribution in [0.4, 0.5) is 0 Å². The number of carbonyl (C=O) groups excluding carboxylic acids is 1. The Morgan fingerprint density at radius 2 is 2.05 bits per heavy atom. The highest BCUT2D eigenvalue weighted by molar-refractivity contribution is 9.11. The molecule has 20 heavy (non-hydrogen) atoms. The molecule has 2 nitrogen and oxygen atoms in total. The Bertz CT molecular complexity index is 585. The van der Waals surface area contributed by atoms with E-state index in [1.807, 2.05) is 30.3 Å². The zero-order valence-electron chi connectivity index (χ0n) is 10.9. The summed E-state index contributed by atoms with van der Waals surface area (Å²) in [6.45, 7) is 0.489. The van der Waals surface area contributed by atoms with E-state index in [4.69, 9.17) is 11.6 Å². The number of aryl methyl sites for hydroxylation is 1. The molecular formula is C15H15BrClNOS. The standard InChI is InChI=1S/C15H15BrClNOS/c16-14-9-8-12(20-14)5-3-7-15(19)18-10-11-4-1-2-6-13(11)17/h1-2,4,6,8-9H,3,5,7,10H2,(H,18,19). The lowest BCUT2D eigenvalue weighted by Crippen LogP contribution is -2.22. The summed E-state index contributed by atoms with van der Waals surface area (Å²) in [6.07, 6.45) is 2.34. The summed E-state index contributed by atoms with van der Waals surface area (Å²) < 4.78 is 1.13. The Balaban J connectivity index is 1.69. The van der Waals surface area contributed by atoms with Gasteiger partial charge in [-0.25, -0.2) is 0 Å². The van der Waals surface area contributed by atoms with Crippen molar-refractivity contribution in [3.05, 3.63) is 55.6 Å². The molecule has 0 saturated heterocycles. The third-order valence-electron chi connectivity index (χ3n) is 2.89. The molecule has 0 radical (unpaired) electrons. The van der Waals surface area contributed by atoms with Crippen LogP contribution >= 0.6 is 38.9 Å². The number of nitrogens with one attached hydrogen (secondary N) is 1. The van der Waals surface area contributed by atoms with Crippen LogP contribution < -0.4 is 5.32 Å². The maximum absolute atomic E-state index is 11.8. The summed E-state index contributed by atoms with van der Waals surface area (Å²) >= 11 is 11.2. The van der Waals surface area contributed by atoms with Gasteiger partial charge in [-0.3, -0.25) is 4.79 Å². The van der Waals surface area contributed by atoms with Gasteiger partial charge in [0.1, 0.15) is 0 Å². The van der Waals surface area contributed by atoms with E-state index in [-0.39, 0.29) is 5.91 Å². The number of hydrogen-bond donors (Lipinski definition) is 1. The van der Waals surface area contributed by atoms with Crippen molar-refractivity contribution in [3.63, 3.8) is 0 Å². The smallest absolute Gasteiger partial charge is 0.220 e. The van der Waals surface area contributed by atoms with E-state index in [9.17, 15) is 4.79 Å². The summed E-state index contributed by atoms with van der Waals surface area (Å²) in [5.41, 5.74) is 0.949. The lowest BCUT2D eigenvalue weighted by molar-refractivity contribution is -0.121. The summed E-state index contributed by atoms with van der Waals surface area (Å²) in [6, 6.07) is 11.7. The second-order valence-electron chi connectivity index (χ2n) is 4.43. The van der Waals surface area contributed by atoms with Gasteiger partial charge >= 0.3 is 0 Å². The molecule has 0 aliphatic heterocycles. The molecule has 1 amide bonds. The van der Waals surface area contributed by atoms with Crippen molar-refractivity contribution in [1.82, 2.24) is 5.32 Å². The molecule has 1 heterocycles. The van der Waals surface area contributed by atoms with Crippen LogP contribution in [-0.4, -0.2) is 5.91 Å². The zero-order valence-corrected chi connectivity index (χ0v) is 14.0. The highest BCUT2D eigenvalue weighted by Crippen LogP contribution is 2.23. The van der Waals surface area contributed by atoms with Crippen LogP contribution in [0.2, 0.25) is 5.02 Å². The quantitative estimate of drug-likeness (QED) is 0.775. The molecule has 0 fully saturated rings. The molecule has 5 heteroatoms. The molecule has 0 bridgehead atoms. The monoisotopic (exact) mass is 371 g/mol. The van der Waals surface area contributed by atoms with Crippen LogP contribution in [0.3, 0.4) is 0 Å². The van der Waals surface area contributed by atoms with Gasteiger partial charge in [0.15, 0.2) is 0 Å². The molecule has 106 valence electrons. The van der Waals surface area contributed by atoms with Crippen molar-refractivity contribution in [2.45, 2.75) is 25.8 Å². The van der Waals surface area contributed by atoms with Gasteiger partial charge in [0, 0.05) is 22.9 Å². The van der Waals surface area contributed by atoms with E-state index in [2.05, 4.69) is 27.3 Å². The van der Waals surface area contributed by atoms with Crippen molar-refractivity contribution in [2.75, 3.05) is 0 Å². The van der Waals surface area contributed by atoms with Gasteiger partial charge in [0.25, 0.3) is 0 Å². The largest absolute Gasteiger partial charge is 0.352 e. The molecule has 0 atom stereocenters. The van der Waals surface area contributed by atoms with Crippen molar-refractivity contribution >= 4 is 44.8 Å². The van der Waals surface area contributed by atoms with Gasteiger partial charge in [-0.05, 0) is 52.5 Å². The molecule has 2 aromatic rings. The molecule has 0 unspecified atom stereocenters. The zero-order chi connectivity index (χ0) is 14.4. The van der Waals surface area contributed by atoms with Gasteiger partial charge < -0.3 is 5.32 Å². The van der Waals surface area contributed by atoms with Crippen LogP contribution in [0.25, 0.3) is 0 Å². The first-order valence-corrected chi connectivity index (χ1v) is 8.38. The summed E-state index contributed by atoms with van der Waals surface area (Å²) in [5.74, 6) is 0.0699. The Hall–Kier alpha value is -0.840. The third-order valence-corrected chi connectivity index (χ3v) is 4.94. The summed E-state index contributed by atoms with van der Waals surface area (Å²) in [4.78, 5) is 13.1. The van der Waals surface area contributed by atoms with Crippen molar-refractivity contribution in [2.24, 2.45) is 0 Å². The number of hydrogen-bond acceptors (Lipinski definition) is 2. The van der Waals surface area contributed by atoms with Gasteiger partial charge in [-0.2, -0.15) is 0 Å². The van der Waals surface area contributed by atoms with Crippen LogP contribution in [-0.2, 0) is 17.8 Å². The highest BCUT2D eigenvalue weighted by atomic mass is 79.9. The topological polar surface area (TPSA) is 29.1 Å². The van der Waals surface area contributed by atoms with Crippen LogP contribution in [0.5, 0.6) is 0 Å². The molecule has 1 aromatic heterocycles. The Kier molecular flexibility index (Phi) is 6.07. The van der Waals surface area contributed by atoms with E-state index >= 15 is 0 Å². The van der Waals surface area contributed by atoms with Gasteiger partial charge in [-0.15, -0.1) is 11.3 Å². The first-order valence-electron chi connectivity index (χ1n) is 6.39. The minimum atomic E-state index is 0.0699. The fourth-order valence-corrected chi connectivity index (χ4v) is 3.56. The Morgan fingerprint density at radius 3 is 2.75 bits per heavy atom. The van der Waals surface area contributed by atoms with Crippen molar-refractivity contribution in [1.29, 1.82) is 0 Å². The number of carbonyl (C=O) groups is 1. The van der Waals surface area contributed by atoms with Crippen LogP contribution in [0.1, 0.15) is 23.3 Å². The van der Waals surface area contributed by atoms with E-state index < -0.39 is 0 Å². The minimum absolute atomic E-state index is 0.0699. The highest BCUT2D eigenvalue weighted by Gasteiger charge is 2.04. The van der Waals surface area contributed by atoms with E-state index in [0.29, 0.717) is 18.0 Å². The van der Waals surface area contributed by atoms with Gasteiger partial charge in [0.2, 0.25) is 5.91 Å². The van der Waals surface area contributed by atoms with Gasteiger partial charge in [0.05, 0.1) is 3.79 Å². The fourth-order valence-electron chi connectivity index (χ4n) is 1.83. The lowest BCUT2D eigenvalue weighted by Gasteiger charge is -2.06. The lowest BCUT2D eigenvalue weighted by atomic mass is 10.2. The average Bonchev–Trinajstić information content (AvgIpc) is 2.83. The van der Waals surface area contributed by atoms with Gasteiger partial charge in [-0.1, -0.05) is 29.8 Å². The van der Waals surface area contributed by atoms with E-state index in [0.717, 1.165) is 22.2 Å². The molecule has 2 rings (SSSR count). The first-order chi connectivity index (χ1) is 9.65. The first kappa shape index (κ1) is 15.5. The molecule has 1 aromatic carbocycles. The number of benzene rings is 1. The second-order valence-corrected chi connectivity index (χ2v) is 7.38. The average molecular weight is 373 g/mol.